The molecule has 0 amide bonds. The first-order valence-electron chi connectivity index (χ1n) is 24.3. The van der Waals surface area contributed by atoms with E-state index in [4.69, 9.17) is 166 Å². The van der Waals surface area contributed by atoms with E-state index in [0.717, 1.165) is 17.2 Å². The number of nitrogens with zero attached hydrogens (tertiary/aromatic N) is 1. The molecule has 6 aromatic rings. The molecule has 15 nitrogen and oxygen atoms in total. The summed E-state index contributed by atoms with van der Waals surface area (Å²) in [4.78, 5) is 74.4. The lowest BCUT2D eigenvalue weighted by Gasteiger charge is -2.13. The van der Waals surface area contributed by atoms with Crippen molar-refractivity contribution in [3.05, 3.63) is 181 Å². The van der Waals surface area contributed by atoms with E-state index in [1.165, 1.54) is 38.9 Å². The molecule has 27 heteroatoms. The van der Waals surface area contributed by atoms with Gasteiger partial charge in [-0.05, 0) is 122 Å². The predicted molar refractivity (Wildman–Crippen MR) is 345 cm³/mol. The Labute approximate surface area is 553 Å². The number of alkyl halides is 3. The van der Waals surface area contributed by atoms with Crippen LogP contribution in [0.25, 0.3) is 0 Å². The summed E-state index contributed by atoms with van der Waals surface area (Å²) in [7, 11) is 22.6. The van der Waals surface area contributed by atoms with Crippen LogP contribution in [0.5, 0.6) is 28.7 Å². The number of para-hydroxylation sites is 1. The van der Waals surface area contributed by atoms with E-state index in [2.05, 4.69) is 25.7 Å². The predicted octanol–water partition coefficient (Wildman–Crippen LogP) is 15.9. The van der Waals surface area contributed by atoms with Gasteiger partial charge in [0.2, 0.25) is 5.24 Å². The van der Waals surface area contributed by atoms with E-state index in [9.17, 15) is 24.0 Å². The molecule has 0 heterocycles. The van der Waals surface area contributed by atoms with Crippen molar-refractivity contribution < 1.29 is 67.1 Å². The van der Waals surface area contributed by atoms with Crippen molar-refractivity contribution >= 4 is 169 Å². The molecular weight excluding hydrogens is 1350 g/mol. The summed E-state index contributed by atoms with van der Waals surface area (Å²) >= 11 is 41.9. The number of carbonyl (C=O) groups is 5. The minimum absolute atomic E-state index is 0.0202. The van der Waals surface area contributed by atoms with Crippen molar-refractivity contribution in [3.8, 4) is 28.7 Å². The topological polar surface area (TPSA) is 198 Å². The molecule has 85 heavy (non-hydrogen) atoms. The van der Waals surface area contributed by atoms with Crippen LogP contribution in [-0.4, -0.2) is 136 Å². The lowest BCUT2D eigenvalue weighted by atomic mass is 10.1. The van der Waals surface area contributed by atoms with Gasteiger partial charge in [-0.25, -0.2) is 34.9 Å². The largest absolute Gasteiger partial charge is 0.643 e. The highest BCUT2D eigenvalue weighted by Gasteiger charge is 2.22. The monoisotopic (exact) mass is 1410 g/mol. The van der Waals surface area contributed by atoms with Gasteiger partial charge in [0.1, 0.15) is 28.6 Å². The van der Waals surface area contributed by atoms with Crippen LogP contribution in [0, 0.1) is 0 Å². The number of benzene rings is 6. The number of aliphatic hydroxyl groups excluding tert-OH is 1. The Balaban J connectivity index is -0.000000955. The number of hydrogen-bond acceptors (Lipinski definition) is 15. The van der Waals surface area contributed by atoms with Crippen LogP contribution in [-0.2, 0) is 25.7 Å². The van der Waals surface area contributed by atoms with Gasteiger partial charge in [0.15, 0.2) is 29.7 Å². The molecule has 0 saturated heterocycles. The standard InChI is InChI=1S/C17H14Cl2O5.2C9H9ClO2.C7H6Cl2O.C7H8O.C6H15N.C2H2Cl2O.CO2.Al.3ClH/c1-23-16-13(19)7-6-12(18)15(16)17(22)24-9-14(21)11-4-2-10(8-20)3-5-11;2*1-12-8-4-2-7(3-5-8)9(11)6-10;1-10-7-4-5(8)2-3-6(7)9;1-8-7-5-3-2-4-6-7;1-4-7(5-2)6-3;3-1-2(4)5;2-1-3;;;;/h2-7,20H,8-9H2,1H3;2*2-5H,6H2,1H3;2-4H,1H3;2-6H,1H3;4-6H2,1-3H3;1H2;;;3*1H/q;;;;;;;;+3;;;/p-3. The van der Waals surface area contributed by atoms with Crippen molar-refractivity contribution in [2.45, 2.75) is 27.4 Å². The van der Waals surface area contributed by atoms with Crippen LogP contribution >= 0.6 is 123 Å². The maximum atomic E-state index is 12.2. The number of hydrogen-bond donors (Lipinski definition) is 1. The second-order valence-electron chi connectivity index (χ2n) is 15.1. The van der Waals surface area contributed by atoms with Crippen molar-refractivity contribution in [1.29, 1.82) is 0 Å². The third-order valence-corrected chi connectivity index (χ3v) is 12.0. The van der Waals surface area contributed by atoms with Gasteiger partial charge >= 0.3 is 23.5 Å². The second-order valence-corrected chi connectivity index (χ2v) is 24.4. The zero-order chi connectivity index (χ0) is 65.3. The smallest absolute Gasteiger partial charge is 0.497 e. The van der Waals surface area contributed by atoms with Gasteiger partial charge in [-0.3, -0.25) is 19.2 Å². The van der Waals surface area contributed by atoms with Gasteiger partial charge in [-0.1, -0.05) is 110 Å². The second kappa shape index (κ2) is 53.7. The highest BCUT2D eigenvalue weighted by atomic mass is 35.8. The van der Waals surface area contributed by atoms with Crippen molar-refractivity contribution in [2.75, 3.05) is 79.4 Å². The maximum absolute atomic E-state index is 12.2. The number of rotatable bonds is 18. The molecule has 0 fully saturated rings. The number of ether oxygens (including phenoxy) is 6. The molecular formula is C58H63AlCl11NO14. The number of methoxy groups -OCH3 is 5. The summed E-state index contributed by atoms with van der Waals surface area (Å²) < 4.78 is 29.8. The number of aliphatic hydroxyl groups is 1. The Hall–Kier alpha value is -4.51. The minimum atomic E-state index is -1.72. The average Bonchev–Trinajstić information content (AvgIpc) is 3.72. The molecule has 1 N–H and O–H groups in total. The highest BCUT2D eigenvalue weighted by molar-refractivity contribution is 7.54. The molecule has 6 aromatic carbocycles. The number of carbonyl (C=O) groups excluding carboxylic acids is 7. The summed E-state index contributed by atoms with van der Waals surface area (Å²) in [6.45, 7) is 9.56. The summed E-state index contributed by atoms with van der Waals surface area (Å²) in [5, 5.41) is 9.99. The minimum Gasteiger partial charge on any atom is -0.497 e. The molecule has 0 aromatic heterocycles. The molecule has 0 unspecified atom stereocenters. The van der Waals surface area contributed by atoms with Crippen LogP contribution < -0.4 is 23.7 Å². The SMILES string of the molecule is CCN(CC)CC.COc1c(Cl)ccc(Cl)c1C(=O)OCC(=O)c1ccc(CO)cc1.COc1cc(Cl)ccc1Cl.COc1ccc(C(=O)CCl)cc1.COc1ccc(C(=O)CCl)cc1.COc1ccccc1.O=C(Cl)CCl.O=C=O.[Cl][Al]([Cl])[Cl]. The Bertz CT molecular complexity index is 2770. The van der Waals surface area contributed by atoms with E-state index >= 15 is 0 Å². The Morgan fingerprint density at radius 2 is 0.894 bits per heavy atom. The van der Waals surface area contributed by atoms with Crippen LogP contribution in [0.3, 0.4) is 0 Å². The molecule has 0 aliphatic rings. The summed E-state index contributed by atoms with van der Waals surface area (Å²) in [6.07, 6.45) is 0.250. The van der Waals surface area contributed by atoms with Gasteiger partial charge in [-0.2, -0.15) is 9.59 Å². The number of Topliss-reactive ketones (excluding diaryl/α,β-unsaturated/α-hetero) is 3. The molecule has 0 saturated carbocycles. The van der Waals surface area contributed by atoms with Gasteiger partial charge in [0, 0.05) is 27.8 Å². The first-order valence-corrected chi connectivity index (χ1v) is 33.0. The summed E-state index contributed by atoms with van der Waals surface area (Å²) in [5.74, 6) is 1.70. The molecule has 6 rings (SSSR count). The maximum Gasteiger partial charge on any atom is 0.643 e. The van der Waals surface area contributed by atoms with Crippen LogP contribution in [0.15, 0.2) is 133 Å². The first-order chi connectivity index (χ1) is 40.5. The van der Waals surface area contributed by atoms with Crippen LogP contribution in [0.1, 0.15) is 67.8 Å². The van der Waals surface area contributed by atoms with E-state index < -0.39 is 29.2 Å². The van der Waals surface area contributed by atoms with Crippen molar-refractivity contribution in [2.24, 2.45) is 0 Å². The molecule has 0 aliphatic carbocycles. The molecule has 0 radical (unpaired) electrons. The number of esters is 1. The lowest BCUT2D eigenvalue weighted by Crippen LogP contribution is -2.21. The third kappa shape index (κ3) is 40.6. The fraction of sp³-hybridized carbons (Fsp3) is 0.276. The molecule has 464 valence electrons. The van der Waals surface area contributed by atoms with E-state index in [1.807, 2.05) is 30.3 Å². The molecule has 0 atom stereocenters. The van der Waals surface area contributed by atoms with E-state index in [-0.39, 0.29) is 69.1 Å². The average molecular weight is 1420 g/mol. The van der Waals surface area contributed by atoms with E-state index in [1.54, 1.807) is 119 Å². The number of halogens is 11. The van der Waals surface area contributed by atoms with Gasteiger partial charge in [0.05, 0.1) is 74.9 Å². The Kier molecular flexibility index (Phi) is 53.5. The summed E-state index contributed by atoms with van der Waals surface area (Å²) in [5.41, 5.74) is 2.25. The Morgan fingerprint density at radius 1 is 0.518 bits per heavy atom. The fourth-order valence-electron chi connectivity index (χ4n) is 5.57. The number of ketones is 3. The van der Waals surface area contributed by atoms with Gasteiger partial charge in [-0.15, -0.1) is 34.8 Å². The molecule has 0 spiro atoms. The molecule has 0 aliphatic heterocycles. The first kappa shape index (κ1) is 84.7. The highest BCUT2D eigenvalue weighted by Crippen LogP contribution is 2.34. The lowest BCUT2D eigenvalue weighted by molar-refractivity contribution is -0.191. The van der Waals surface area contributed by atoms with Crippen molar-refractivity contribution in [1.82, 2.24) is 4.90 Å². The van der Waals surface area contributed by atoms with Crippen molar-refractivity contribution in [3.63, 3.8) is 0 Å². The Morgan fingerprint density at radius 3 is 1.21 bits per heavy atom. The van der Waals surface area contributed by atoms with Gasteiger partial charge < -0.3 is 38.4 Å². The van der Waals surface area contributed by atoms with Gasteiger partial charge in [0.25, 0.3) is 0 Å². The van der Waals surface area contributed by atoms with E-state index in [0.29, 0.717) is 38.0 Å². The molecule has 0 bridgehead atoms. The quantitative estimate of drug-likeness (QED) is 0.0280. The fourth-order valence-corrected chi connectivity index (χ4v) is 6.70. The normalized spacial score (nSPS) is 9.24. The van der Waals surface area contributed by atoms with Crippen LogP contribution in [0.2, 0.25) is 20.1 Å². The zero-order valence-electron chi connectivity index (χ0n) is 47.3. The van der Waals surface area contributed by atoms with Crippen LogP contribution in [0.4, 0.5) is 0 Å². The zero-order valence-corrected chi connectivity index (χ0v) is 56.8. The summed E-state index contributed by atoms with van der Waals surface area (Å²) in [6, 6.07) is 37.8. The third-order valence-electron chi connectivity index (χ3n) is 9.87.